The van der Waals surface area contributed by atoms with Crippen molar-refractivity contribution in [2.24, 2.45) is 0 Å². The number of ether oxygens (including phenoxy) is 3. The number of aliphatic hydroxyl groups is 1. The summed E-state index contributed by atoms with van der Waals surface area (Å²) in [5.41, 5.74) is -0.483. The van der Waals surface area contributed by atoms with Crippen LogP contribution in [0.15, 0.2) is 29.3 Å². The molecule has 2 atom stereocenters. The molecule has 2 aromatic heterocycles. The van der Waals surface area contributed by atoms with Crippen molar-refractivity contribution in [3.8, 4) is 11.8 Å². The number of urea groups is 1. The summed E-state index contributed by atoms with van der Waals surface area (Å²) < 4.78 is 55.9. The van der Waals surface area contributed by atoms with Crippen LogP contribution >= 0.6 is 0 Å². The van der Waals surface area contributed by atoms with Gasteiger partial charge in [-0.05, 0) is 19.1 Å². The number of alkyl halides is 1. The molecule has 2 amide bonds. The molecular weight excluding hydrogens is 453 g/mol. The Kier molecular flexibility index (Phi) is 8.20. The van der Waals surface area contributed by atoms with Gasteiger partial charge in [0.2, 0.25) is 17.7 Å². The third-order valence-corrected chi connectivity index (χ3v) is 5.09. The second-order valence-electron chi connectivity index (χ2n) is 5.97. The average molecular weight is 473 g/mol. The van der Waals surface area contributed by atoms with Crippen molar-refractivity contribution in [2.75, 3.05) is 26.1 Å². The van der Waals surface area contributed by atoms with Crippen LogP contribution in [0.2, 0.25) is 0 Å². The largest absolute Gasteiger partial charge is 0.481 e. The van der Waals surface area contributed by atoms with Gasteiger partial charge < -0.3 is 19.3 Å². The van der Waals surface area contributed by atoms with Crippen molar-refractivity contribution in [1.29, 1.82) is 0 Å². The van der Waals surface area contributed by atoms with Crippen LogP contribution in [-0.2, 0) is 19.6 Å². The topological polar surface area (TPSA) is 179 Å². The number of sulfonamides is 1. The molecule has 0 spiro atoms. The van der Waals surface area contributed by atoms with E-state index in [4.69, 9.17) is 19.3 Å². The van der Waals surface area contributed by atoms with Gasteiger partial charge in [0.15, 0.2) is 6.10 Å². The molecule has 2 aromatic rings. The Morgan fingerprint density at radius 2 is 1.84 bits per heavy atom. The van der Waals surface area contributed by atoms with E-state index in [2.05, 4.69) is 20.3 Å². The lowest BCUT2D eigenvalue weighted by molar-refractivity contribution is -0.156. The number of methoxy groups -OCH3 is 2. The van der Waals surface area contributed by atoms with Gasteiger partial charge in [0.1, 0.15) is 23.4 Å². The van der Waals surface area contributed by atoms with E-state index in [-0.39, 0.29) is 17.7 Å². The maximum Gasteiger partial charge on any atom is 0.335 e. The van der Waals surface area contributed by atoms with E-state index in [1.165, 1.54) is 26.4 Å². The van der Waals surface area contributed by atoms with E-state index in [1.54, 1.807) is 4.72 Å². The number of hydrogen-bond acceptors (Lipinski definition) is 11. The minimum atomic E-state index is -4.63. The van der Waals surface area contributed by atoms with Crippen molar-refractivity contribution < 1.29 is 41.7 Å². The summed E-state index contributed by atoms with van der Waals surface area (Å²) >= 11 is 0. The number of amides is 2. The number of nitrogens with zero attached hydrogens (tertiary/aromatic N) is 3. The number of aromatic nitrogens is 3. The van der Waals surface area contributed by atoms with Crippen LogP contribution < -0.4 is 19.5 Å². The fourth-order valence-electron chi connectivity index (χ4n) is 2.36. The van der Waals surface area contributed by atoms with E-state index in [0.29, 0.717) is 0 Å². The van der Waals surface area contributed by atoms with E-state index in [9.17, 15) is 22.4 Å². The molecule has 3 N–H and O–H groups in total. The van der Waals surface area contributed by atoms with Crippen LogP contribution in [0, 0.1) is 0 Å². The summed E-state index contributed by atoms with van der Waals surface area (Å²) in [6.07, 6.45) is -2.50. The molecule has 0 unspecified atom stereocenters. The number of carbonyl (C=O) groups excluding carboxylic acids is 2. The lowest BCUT2D eigenvalue weighted by Gasteiger charge is -2.20. The summed E-state index contributed by atoms with van der Waals surface area (Å²) in [7, 11) is -2.00. The first kappa shape index (κ1) is 24.7. The van der Waals surface area contributed by atoms with Crippen LogP contribution in [0.4, 0.5) is 15.1 Å². The van der Waals surface area contributed by atoms with Crippen LogP contribution in [0.3, 0.4) is 0 Å². The number of rotatable bonds is 9. The zero-order valence-corrected chi connectivity index (χ0v) is 17.9. The SMILES string of the molecule is COc1cc(OC)nc(NC(=O)NS(=O)(=O)c2cccnc2[C@@H](OC(=O)CO)[C@H](C)F)n1. The fourth-order valence-corrected chi connectivity index (χ4v) is 3.47. The van der Waals surface area contributed by atoms with E-state index < -0.39 is 51.5 Å². The Morgan fingerprint density at radius 3 is 2.38 bits per heavy atom. The number of aliphatic hydroxyl groups excluding tert-OH is 1. The molecule has 0 bridgehead atoms. The number of nitrogens with one attached hydrogen (secondary N) is 2. The predicted octanol–water partition coefficient (Wildman–Crippen LogP) is 0.334. The highest BCUT2D eigenvalue weighted by Gasteiger charge is 2.32. The number of carbonyl (C=O) groups is 2. The molecule has 0 saturated carbocycles. The first-order valence-electron chi connectivity index (χ1n) is 8.81. The van der Waals surface area contributed by atoms with Gasteiger partial charge in [-0.25, -0.2) is 27.1 Å². The lowest BCUT2D eigenvalue weighted by atomic mass is 10.1. The molecule has 0 radical (unpaired) electrons. The van der Waals surface area contributed by atoms with Crippen molar-refractivity contribution in [3.05, 3.63) is 30.1 Å². The summed E-state index contributed by atoms with van der Waals surface area (Å²) in [4.78, 5) is 34.5. The van der Waals surface area contributed by atoms with E-state index in [0.717, 1.165) is 19.2 Å². The monoisotopic (exact) mass is 473 g/mol. The molecule has 0 aliphatic rings. The van der Waals surface area contributed by atoms with Gasteiger partial charge in [0, 0.05) is 6.20 Å². The van der Waals surface area contributed by atoms with Crippen molar-refractivity contribution in [3.63, 3.8) is 0 Å². The Labute approximate surface area is 182 Å². The highest BCUT2D eigenvalue weighted by atomic mass is 32.2. The first-order valence-corrected chi connectivity index (χ1v) is 10.3. The van der Waals surface area contributed by atoms with Gasteiger partial charge in [0.05, 0.1) is 20.3 Å². The standard InChI is InChI=1S/C17H20FN5O8S/c1-9(18)15(31-13(25)8-24)14-10(5-4-6-19-14)32(27,28)23-17(26)22-16-20-11(29-2)7-12(21-16)30-3/h4-7,9,15,24H,8H2,1-3H3,(H2,20,21,22,23,26)/t9-,15-/m0/s1. The van der Waals surface area contributed by atoms with Crippen molar-refractivity contribution in [1.82, 2.24) is 19.7 Å². The van der Waals surface area contributed by atoms with Crippen LogP contribution in [0.1, 0.15) is 18.7 Å². The summed E-state index contributed by atoms with van der Waals surface area (Å²) in [6.45, 7) is -0.0448. The van der Waals surface area contributed by atoms with Gasteiger partial charge in [-0.15, -0.1) is 0 Å². The zero-order chi connectivity index (χ0) is 23.9. The van der Waals surface area contributed by atoms with Crippen LogP contribution in [-0.4, -0.2) is 67.5 Å². The van der Waals surface area contributed by atoms with Crippen molar-refractivity contribution in [2.45, 2.75) is 24.1 Å². The highest BCUT2D eigenvalue weighted by Crippen LogP contribution is 2.28. The first-order chi connectivity index (χ1) is 15.1. The van der Waals surface area contributed by atoms with Gasteiger partial charge in [0.25, 0.3) is 10.0 Å². The normalized spacial score (nSPS) is 12.9. The number of hydrogen-bond donors (Lipinski definition) is 3. The van der Waals surface area contributed by atoms with Crippen LogP contribution in [0.5, 0.6) is 11.8 Å². The Bertz CT molecular complexity index is 1060. The predicted molar refractivity (Wildman–Crippen MR) is 105 cm³/mol. The maximum atomic E-state index is 14.1. The molecule has 13 nitrogen and oxygen atoms in total. The molecule has 0 fully saturated rings. The van der Waals surface area contributed by atoms with Gasteiger partial charge in [-0.2, -0.15) is 9.97 Å². The molecular formula is C17H20FN5O8S. The van der Waals surface area contributed by atoms with Gasteiger partial charge in [-0.3, -0.25) is 10.3 Å². The number of halogens is 1. The summed E-state index contributed by atoms with van der Waals surface area (Å²) in [5, 5.41) is 11.0. The Morgan fingerprint density at radius 1 is 1.22 bits per heavy atom. The molecule has 0 aliphatic carbocycles. The third-order valence-electron chi connectivity index (χ3n) is 3.71. The van der Waals surface area contributed by atoms with Crippen molar-refractivity contribution >= 4 is 28.0 Å². The van der Waals surface area contributed by atoms with Gasteiger partial charge in [-0.1, -0.05) is 0 Å². The van der Waals surface area contributed by atoms with Gasteiger partial charge >= 0.3 is 12.0 Å². The molecule has 15 heteroatoms. The average Bonchev–Trinajstić information content (AvgIpc) is 2.76. The quantitative estimate of drug-likeness (QED) is 0.427. The number of pyridine rings is 1. The molecule has 0 aliphatic heterocycles. The van der Waals surface area contributed by atoms with Crippen LogP contribution in [0.25, 0.3) is 0 Å². The highest BCUT2D eigenvalue weighted by molar-refractivity contribution is 7.90. The number of esters is 1. The smallest absolute Gasteiger partial charge is 0.335 e. The second-order valence-corrected chi connectivity index (χ2v) is 7.62. The zero-order valence-electron chi connectivity index (χ0n) is 17.1. The number of anilines is 1. The molecule has 174 valence electrons. The molecule has 0 aromatic carbocycles. The Balaban J connectivity index is 2.31. The molecule has 32 heavy (non-hydrogen) atoms. The third kappa shape index (κ3) is 6.21. The Hall–Kier alpha value is -3.59. The van der Waals surface area contributed by atoms with E-state index in [1.807, 2.05) is 0 Å². The molecule has 2 rings (SSSR count). The van der Waals surface area contributed by atoms with E-state index >= 15 is 0 Å². The molecule has 0 saturated heterocycles. The maximum absolute atomic E-state index is 14.1. The molecule has 2 heterocycles. The second kappa shape index (κ2) is 10.6. The summed E-state index contributed by atoms with van der Waals surface area (Å²) in [5.74, 6) is -1.44. The lowest BCUT2D eigenvalue weighted by Crippen LogP contribution is -2.36. The summed E-state index contributed by atoms with van der Waals surface area (Å²) in [6, 6.07) is 2.32. The minimum absolute atomic E-state index is 0.0371. The fraction of sp³-hybridized carbons (Fsp3) is 0.353. The minimum Gasteiger partial charge on any atom is -0.481 e.